The fraction of sp³-hybridized carbons (Fsp3) is 0.308. The molecule has 1 unspecified atom stereocenters. The molecule has 3 nitrogen and oxygen atoms in total. The van der Waals surface area contributed by atoms with Gasteiger partial charge in [-0.1, -0.05) is 30.3 Å². The Hall–Kier alpha value is -1.61. The van der Waals surface area contributed by atoms with E-state index in [0.29, 0.717) is 6.04 Å². The van der Waals surface area contributed by atoms with Crippen LogP contribution >= 0.6 is 0 Å². The fourth-order valence-corrected chi connectivity index (χ4v) is 1.69. The molecule has 0 bridgehead atoms. The maximum absolute atomic E-state index is 4.14. The predicted octanol–water partition coefficient (Wildman–Crippen LogP) is 2.27. The molecule has 1 aromatic heterocycles. The van der Waals surface area contributed by atoms with Crippen molar-refractivity contribution in [2.45, 2.75) is 19.5 Å². The summed E-state index contributed by atoms with van der Waals surface area (Å²) < 4.78 is 1.89. The molecule has 0 amide bonds. The molecule has 16 heavy (non-hydrogen) atoms. The molecule has 2 aromatic rings. The zero-order valence-electron chi connectivity index (χ0n) is 9.72. The van der Waals surface area contributed by atoms with Gasteiger partial charge in [0.05, 0.1) is 5.69 Å². The first kappa shape index (κ1) is 10.9. The van der Waals surface area contributed by atoms with Crippen molar-refractivity contribution in [1.29, 1.82) is 0 Å². The van der Waals surface area contributed by atoms with Crippen LogP contribution in [0.25, 0.3) is 0 Å². The van der Waals surface area contributed by atoms with Gasteiger partial charge >= 0.3 is 0 Å². The molecular weight excluding hydrogens is 198 g/mol. The van der Waals surface area contributed by atoms with Gasteiger partial charge in [0.2, 0.25) is 0 Å². The monoisotopic (exact) mass is 215 g/mol. The maximum atomic E-state index is 4.14. The van der Waals surface area contributed by atoms with E-state index >= 15 is 0 Å². The quantitative estimate of drug-likeness (QED) is 0.848. The van der Waals surface area contributed by atoms with E-state index in [1.54, 1.807) is 0 Å². The lowest BCUT2D eigenvalue weighted by atomic mass is 10.1. The lowest BCUT2D eigenvalue weighted by molar-refractivity contribution is 0.548. The van der Waals surface area contributed by atoms with E-state index < -0.39 is 0 Å². The van der Waals surface area contributed by atoms with Crippen molar-refractivity contribution < 1.29 is 0 Å². The molecule has 2 rings (SSSR count). The summed E-state index contributed by atoms with van der Waals surface area (Å²) in [6.07, 6.45) is 1.82. The van der Waals surface area contributed by atoms with Crippen LogP contribution in [0.1, 0.15) is 24.2 Å². The summed E-state index contributed by atoms with van der Waals surface area (Å²) in [5.74, 6) is 0. The first-order valence-electron chi connectivity index (χ1n) is 5.52. The van der Waals surface area contributed by atoms with E-state index in [1.807, 2.05) is 30.1 Å². The van der Waals surface area contributed by atoms with Crippen molar-refractivity contribution in [1.82, 2.24) is 15.1 Å². The second-order valence-electron chi connectivity index (χ2n) is 3.96. The third kappa shape index (κ3) is 2.49. The first-order chi connectivity index (χ1) is 7.77. The Balaban J connectivity index is 1.94. The lowest BCUT2D eigenvalue weighted by Crippen LogP contribution is -2.19. The average molecular weight is 215 g/mol. The number of rotatable bonds is 4. The Morgan fingerprint density at radius 2 is 2.00 bits per heavy atom. The predicted molar refractivity (Wildman–Crippen MR) is 64.9 cm³/mol. The molecule has 0 aliphatic rings. The molecule has 84 valence electrons. The van der Waals surface area contributed by atoms with Crippen molar-refractivity contribution in [2.75, 3.05) is 0 Å². The molecule has 1 N–H and O–H groups in total. The van der Waals surface area contributed by atoms with Crippen LogP contribution in [0.3, 0.4) is 0 Å². The van der Waals surface area contributed by atoms with E-state index in [1.165, 1.54) is 11.3 Å². The summed E-state index contributed by atoms with van der Waals surface area (Å²) in [5, 5.41) is 7.63. The van der Waals surface area contributed by atoms with Crippen molar-refractivity contribution in [3.8, 4) is 0 Å². The molecule has 1 aromatic carbocycles. The zero-order chi connectivity index (χ0) is 11.4. The molecule has 1 atom stereocenters. The molecule has 0 saturated carbocycles. The number of aryl methyl sites for hydroxylation is 1. The third-order valence-corrected chi connectivity index (χ3v) is 2.81. The van der Waals surface area contributed by atoms with Crippen LogP contribution in [-0.4, -0.2) is 9.78 Å². The number of hydrogen-bond donors (Lipinski definition) is 1. The summed E-state index contributed by atoms with van der Waals surface area (Å²) in [6.45, 7) is 3.01. The van der Waals surface area contributed by atoms with Gasteiger partial charge in [0.25, 0.3) is 0 Å². The van der Waals surface area contributed by atoms with Crippen LogP contribution in [0, 0.1) is 0 Å². The highest BCUT2D eigenvalue weighted by Crippen LogP contribution is 2.11. The topological polar surface area (TPSA) is 29.9 Å². The van der Waals surface area contributed by atoms with Gasteiger partial charge in [-0.2, -0.15) is 5.10 Å². The van der Waals surface area contributed by atoms with Gasteiger partial charge < -0.3 is 5.32 Å². The first-order valence-corrected chi connectivity index (χ1v) is 5.52. The largest absolute Gasteiger partial charge is 0.305 e. The summed E-state index contributed by atoms with van der Waals surface area (Å²) >= 11 is 0. The highest BCUT2D eigenvalue weighted by Gasteiger charge is 2.05. The van der Waals surface area contributed by atoms with E-state index in [-0.39, 0.29) is 0 Å². The number of nitrogens with zero attached hydrogens (tertiary/aromatic N) is 2. The highest BCUT2D eigenvalue weighted by atomic mass is 15.3. The molecule has 3 heteroatoms. The van der Waals surface area contributed by atoms with E-state index in [0.717, 1.165) is 6.54 Å². The summed E-state index contributed by atoms with van der Waals surface area (Å²) in [4.78, 5) is 0. The second kappa shape index (κ2) is 4.94. The van der Waals surface area contributed by atoms with Crippen molar-refractivity contribution in [3.63, 3.8) is 0 Å². The number of benzene rings is 1. The summed E-state index contributed by atoms with van der Waals surface area (Å²) in [7, 11) is 1.96. The summed E-state index contributed by atoms with van der Waals surface area (Å²) in [6, 6.07) is 12.8. The second-order valence-corrected chi connectivity index (χ2v) is 3.96. The molecule has 0 radical (unpaired) electrons. The van der Waals surface area contributed by atoms with Crippen LogP contribution < -0.4 is 5.32 Å². The average Bonchev–Trinajstić information content (AvgIpc) is 2.73. The van der Waals surface area contributed by atoms with E-state index in [9.17, 15) is 0 Å². The number of aromatic nitrogens is 2. The highest BCUT2D eigenvalue weighted by molar-refractivity contribution is 5.18. The van der Waals surface area contributed by atoms with E-state index in [2.05, 4.69) is 41.6 Å². The standard InChI is InChI=1S/C13H17N3/c1-11(12-6-4-3-5-7-12)14-10-13-8-9-15-16(13)2/h3-9,11,14H,10H2,1-2H3. The normalized spacial score (nSPS) is 12.6. The van der Waals surface area contributed by atoms with Crippen molar-refractivity contribution in [3.05, 3.63) is 53.9 Å². The van der Waals surface area contributed by atoms with Gasteiger partial charge in [0, 0.05) is 25.8 Å². The van der Waals surface area contributed by atoms with Gasteiger partial charge in [-0.3, -0.25) is 4.68 Å². The Morgan fingerprint density at radius 3 is 2.62 bits per heavy atom. The SMILES string of the molecule is CC(NCc1ccnn1C)c1ccccc1. The van der Waals surface area contributed by atoms with E-state index in [4.69, 9.17) is 0 Å². The van der Waals surface area contributed by atoms with Crippen LogP contribution in [0.4, 0.5) is 0 Å². The summed E-state index contributed by atoms with van der Waals surface area (Å²) in [5.41, 5.74) is 2.51. The van der Waals surface area contributed by atoms with Crippen molar-refractivity contribution in [2.24, 2.45) is 7.05 Å². The lowest BCUT2D eigenvalue weighted by Gasteiger charge is -2.14. The van der Waals surface area contributed by atoms with Crippen molar-refractivity contribution >= 4 is 0 Å². The fourth-order valence-electron chi connectivity index (χ4n) is 1.69. The molecule has 1 heterocycles. The van der Waals surface area contributed by atoms with Gasteiger partial charge in [-0.05, 0) is 18.6 Å². The Bertz CT molecular complexity index is 433. The Kier molecular flexibility index (Phi) is 3.37. The Morgan fingerprint density at radius 1 is 1.25 bits per heavy atom. The molecule has 0 aliphatic heterocycles. The van der Waals surface area contributed by atoms with Crippen LogP contribution in [-0.2, 0) is 13.6 Å². The molecule has 0 aliphatic carbocycles. The molecular formula is C13H17N3. The minimum atomic E-state index is 0.358. The van der Waals surface area contributed by atoms with Crippen LogP contribution in [0.2, 0.25) is 0 Å². The van der Waals surface area contributed by atoms with Gasteiger partial charge in [0.1, 0.15) is 0 Å². The zero-order valence-corrected chi connectivity index (χ0v) is 9.72. The smallest absolute Gasteiger partial charge is 0.0518 e. The molecule has 0 saturated heterocycles. The molecule has 0 spiro atoms. The Labute approximate surface area is 96.1 Å². The molecule has 0 fully saturated rings. The minimum absolute atomic E-state index is 0.358. The van der Waals surface area contributed by atoms with Crippen LogP contribution in [0.15, 0.2) is 42.6 Å². The maximum Gasteiger partial charge on any atom is 0.0518 e. The van der Waals surface area contributed by atoms with Crippen LogP contribution in [0.5, 0.6) is 0 Å². The number of hydrogen-bond acceptors (Lipinski definition) is 2. The number of nitrogens with one attached hydrogen (secondary N) is 1. The third-order valence-electron chi connectivity index (χ3n) is 2.81. The van der Waals surface area contributed by atoms with Gasteiger partial charge in [0.15, 0.2) is 0 Å². The van der Waals surface area contributed by atoms with Gasteiger partial charge in [-0.15, -0.1) is 0 Å². The minimum Gasteiger partial charge on any atom is -0.305 e. The van der Waals surface area contributed by atoms with Gasteiger partial charge in [-0.25, -0.2) is 0 Å².